The van der Waals surface area contributed by atoms with Crippen molar-refractivity contribution < 1.29 is 9.59 Å². The molecule has 0 spiro atoms. The van der Waals surface area contributed by atoms with Crippen LogP contribution in [-0.4, -0.2) is 31.4 Å². The lowest BCUT2D eigenvalue weighted by molar-refractivity contribution is -0.122. The van der Waals surface area contributed by atoms with Gasteiger partial charge in [-0.05, 0) is 25.3 Å². The third-order valence-corrected chi connectivity index (χ3v) is 2.22. The van der Waals surface area contributed by atoms with Gasteiger partial charge in [0.15, 0.2) is 0 Å². The van der Waals surface area contributed by atoms with Crippen LogP contribution in [0.15, 0.2) is 0 Å². The smallest absolute Gasteiger partial charge is 0.221 e. The van der Waals surface area contributed by atoms with Crippen LogP contribution in [0.5, 0.6) is 0 Å². The van der Waals surface area contributed by atoms with Crippen molar-refractivity contribution in [1.29, 1.82) is 0 Å². The van der Waals surface area contributed by atoms with Gasteiger partial charge in [-0.1, -0.05) is 13.8 Å². The molecule has 0 rings (SSSR count). The van der Waals surface area contributed by atoms with Crippen LogP contribution >= 0.6 is 0 Å². The summed E-state index contributed by atoms with van der Waals surface area (Å²) in [5.41, 5.74) is 5.34. The Balaban J connectivity index is 3.41. The second kappa shape index (κ2) is 10.1. The number of nitrogens with one attached hydrogen (secondary N) is 2. The monoisotopic (exact) mass is 243 g/mol. The van der Waals surface area contributed by atoms with Crippen molar-refractivity contribution >= 4 is 11.8 Å². The van der Waals surface area contributed by atoms with Crippen molar-refractivity contribution in [3.05, 3.63) is 0 Å². The van der Waals surface area contributed by atoms with E-state index in [-0.39, 0.29) is 11.8 Å². The van der Waals surface area contributed by atoms with Gasteiger partial charge < -0.3 is 16.4 Å². The van der Waals surface area contributed by atoms with Crippen LogP contribution in [-0.2, 0) is 9.59 Å². The average molecular weight is 243 g/mol. The first kappa shape index (κ1) is 15.9. The Kier molecular flexibility index (Phi) is 9.43. The molecule has 0 aliphatic rings. The molecule has 4 N–H and O–H groups in total. The molecular formula is C12H25N3O2. The van der Waals surface area contributed by atoms with E-state index in [1.54, 1.807) is 0 Å². The lowest BCUT2D eigenvalue weighted by Crippen LogP contribution is -2.31. The average Bonchev–Trinajstić information content (AvgIpc) is 2.23. The first-order valence-corrected chi connectivity index (χ1v) is 6.29. The number of rotatable bonds is 9. The Hall–Kier alpha value is -1.10. The highest BCUT2D eigenvalue weighted by atomic mass is 16.2. The molecule has 2 amide bonds. The maximum Gasteiger partial charge on any atom is 0.221 e. The van der Waals surface area contributed by atoms with Crippen LogP contribution in [0.3, 0.4) is 0 Å². The minimum atomic E-state index is -0.0214. The van der Waals surface area contributed by atoms with Crippen LogP contribution in [0.2, 0.25) is 0 Å². The summed E-state index contributed by atoms with van der Waals surface area (Å²) >= 11 is 0. The van der Waals surface area contributed by atoms with Gasteiger partial charge >= 0.3 is 0 Å². The summed E-state index contributed by atoms with van der Waals surface area (Å²) in [6.07, 6.45) is 2.68. The molecule has 0 saturated carbocycles. The summed E-state index contributed by atoms with van der Waals surface area (Å²) in [7, 11) is 0. The molecule has 0 atom stereocenters. The van der Waals surface area contributed by atoms with Crippen molar-refractivity contribution in [3.8, 4) is 0 Å². The maximum absolute atomic E-state index is 11.3. The Morgan fingerprint density at radius 3 is 2.29 bits per heavy atom. The molecule has 0 aromatic heterocycles. The lowest BCUT2D eigenvalue weighted by atomic mass is 10.1. The highest BCUT2D eigenvalue weighted by Gasteiger charge is 2.05. The van der Waals surface area contributed by atoms with Crippen LogP contribution in [0.1, 0.15) is 39.5 Å². The van der Waals surface area contributed by atoms with Gasteiger partial charge in [-0.25, -0.2) is 0 Å². The van der Waals surface area contributed by atoms with Gasteiger partial charge in [-0.2, -0.15) is 0 Å². The zero-order valence-electron chi connectivity index (χ0n) is 10.9. The Morgan fingerprint density at radius 1 is 1.06 bits per heavy atom. The summed E-state index contributed by atoms with van der Waals surface area (Å²) in [6.45, 7) is 5.71. The molecule has 5 nitrogen and oxygen atoms in total. The predicted molar refractivity (Wildman–Crippen MR) is 68.4 cm³/mol. The maximum atomic E-state index is 11.3. The quantitative estimate of drug-likeness (QED) is 0.512. The standard InChI is InChI=1S/C12H25N3O2/c1-10(2)9-12(17)15-8-5-11(16)14-7-4-3-6-13/h10H,3-9,13H2,1-2H3,(H,14,16)(H,15,17). The molecule has 0 saturated heterocycles. The van der Waals surface area contributed by atoms with E-state index < -0.39 is 0 Å². The van der Waals surface area contributed by atoms with Crippen LogP contribution in [0.4, 0.5) is 0 Å². The van der Waals surface area contributed by atoms with E-state index in [1.165, 1.54) is 0 Å². The van der Waals surface area contributed by atoms with Gasteiger partial charge in [0.1, 0.15) is 0 Å². The van der Waals surface area contributed by atoms with Gasteiger partial charge in [0, 0.05) is 25.9 Å². The Labute approximate surface area is 104 Å². The normalized spacial score (nSPS) is 10.4. The van der Waals surface area contributed by atoms with Gasteiger partial charge in [0.25, 0.3) is 0 Å². The summed E-state index contributed by atoms with van der Waals surface area (Å²) in [6, 6.07) is 0. The molecule has 0 aliphatic heterocycles. The van der Waals surface area contributed by atoms with Crippen molar-refractivity contribution in [2.24, 2.45) is 11.7 Å². The van der Waals surface area contributed by atoms with Crippen molar-refractivity contribution in [2.45, 2.75) is 39.5 Å². The fourth-order valence-corrected chi connectivity index (χ4v) is 1.34. The van der Waals surface area contributed by atoms with Crippen molar-refractivity contribution in [1.82, 2.24) is 10.6 Å². The summed E-state index contributed by atoms with van der Waals surface area (Å²) in [5.74, 6) is 0.336. The minimum Gasteiger partial charge on any atom is -0.356 e. The molecule has 0 unspecified atom stereocenters. The van der Waals surface area contributed by atoms with E-state index in [2.05, 4.69) is 10.6 Å². The van der Waals surface area contributed by atoms with Crippen molar-refractivity contribution in [3.63, 3.8) is 0 Å². The molecule has 0 fully saturated rings. The van der Waals surface area contributed by atoms with Crippen LogP contribution in [0, 0.1) is 5.92 Å². The molecule has 0 bridgehead atoms. The van der Waals surface area contributed by atoms with Gasteiger partial charge in [-0.15, -0.1) is 0 Å². The zero-order chi connectivity index (χ0) is 13.1. The SMILES string of the molecule is CC(C)CC(=O)NCCC(=O)NCCCCN. The topological polar surface area (TPSA) is 84.2 Å². The minimum absolute atomic E-state index is 0.0101. The number of hydrogen-bond acceptors (Lipinski definition) is 3. The molecule has 0 heterocycles. The number of amides is 2. The van der Waals surface area contributed by atoms with E-state index in [0.717, 1.165) is 12.8 Å². The summed E-state index contributed by atoms with van der Waals surface area (Å²) in [5, 5.41) is 5.51. The number of carbonyl (C=O) groups is 2. The lowest BCUT2D eigenvalue weighted by Gasteiger charge is -2.07. The van der Waals surface area contributed by atoms with Gasteiger partial charge in [0.2, 0.25) is 11.8 Å². The summed E-state index contributed by atoms with van der Waals surface area (Å²) in [4.78, 5) is 22.6. The number of nitrogens with two attached hydrogens (primary N) is 1. The molecular weight excluding hydrogens is 218 g/mol. The number of carbonyl (C=O) groups excluding carboxylic acids is 2. The van der Waals surface area contributed by atoms with Gasteiger partial charge in [-0.3, -0.25) is 9.59 Å². The highest BCUT2D eigenvalue weighted by molar-refractivity contribution is 5.78. The van der Waals surface area contributed by atoms with Gasteiger partial charge in [0.05, 0.1) is 0 Å². The number of hydrogen-bond donors (Lipinski definition) is 3. The fourth-order valence-electron chi connectivity index (χ4n) is 1.34. The second-order valence-electron chi connectivity index (χ2n) is 4.54. The molecule has 0 aliphatic carbocycles. The molecule has 100 valence electrons. The second-order valence-corrected chi connectivity index (χ2v) is 4.54. The Bertz CT molecular complexity index is 230. The van der Waals surface area contributed by atoms with Crippen LogP contribution in [0.25, 0.3) is 0 Å². The van der Waals surface area contributed by atoms with Crippen LogP contribution < -0.4 is 16.4 Å². The zero-order valence-corrected chi connectivity index (χ0v) is 10.9. The Morgan fingerprint density at radius 2 is 1.71 bits per heavy atom. The van der Waals surface area contributed by atoms with E-state index in [0.29, 0.717) is 38.4 Å². The predicted octanol–water partition coefficient (Wildman–Crippen LogP) is 0.394. The van der Waals surface area contributed by atoms with E-state index >= 15 is 0 Å². The first-order valence-electron chi connectivity index (χ1n) is 6.29. The van der Waals surface area contributed by atoms with Crippen molar-refractivity contribution in [2.75, 3.05) is 19.6 Å². The summed E-state index contributed by atoms with van der Waals surface area (Å²) < 4.78 is 0. The third-order valence-electron chi connectivity index (χ3n) is 2.22. The molecule has 0 aromatic rings. The van der Waals surface area contributed by atoms with E-state index in [9.17, 15) is 9.59 Å². The fraction of sp³-hybridized carbons (Fsp3) is 0.833. The largest absolute Gasteiger partial charge is 0.356 e. The number of unbranched alkanes of at least 4 members (excludes halogenated alkanes) is 1. The molecule has 0 radical (unpaired) electrons. The molecule has 17 heavy (non-hydrogen) atoms. The first-order chi connectivity index (χ1) is 8.06. The van der Waals surface area contributed by atoms with E-state index in [4.69, 9.17) is 5.73 Å². The highest BCUT2D eigenvalue weighted by Crippen LogP contribution is 1.97. The molecule has 5 heteroatoms. The third kappa shape index (κ3) is 11.2. The molecule has 0 aromatic carbocycles. The van der Waals surface area contributed by atoms with E-state index in [1.807, 2.05) is 13.8 Å².